The highest BCUT2D eigenvalue weighted by molar-refractivity contribution is 5.71. The number of allylic oxidation sites excluding steroid dienone is 8. The molecule has 0 amide bonds. The molecule has 0 unspecified atom stereocenters. The van der Waals surface area contributed by atoms with Gasteiger partial charge in [-0.15, -0.1) is 0 Å². The summed E-state index contributed by atoms with van der Waals surface area (Å²) in [7, 11) is 1.74. The van der Waals surface area contributed by atoms with Crippen molar-refractivity contribution in [3.8, 4) is 0 Å². The molecule has 0 rings (SSSR count). The molecular formula is C13H18N2. The molecule has 0 saturated carbocycles. The van der Waals surface area contributed by atoms with Gasteiger partial charge < -0.3 is 5.73 Å². The fraction of sp³-hybridized carbons (Fsp3) is 0.154. The van der Waals surface area contributed by atoms with Crippen molar-refractivity contribution < 1.29 is 0 Å². The molecule has 15 heavy (non-hydrogen) atoms. The first-order valence-electron chi connectivity index (χ1n) is 4.72. The van der Waals surface area contributed by atoms with E-state index in [1.807, 2.05) is 37.3 Å². The first kappa shape index (κ1) is 13.2. The molecule has 0 atom stereocenters. The summed E-state index contributed by atoms with van der Waals surface area (Å²) in [4.78, 5) is 3.84. The molecule has 0 fully saturated rings. The minimum absolute atomic E-state index is 0.964. The minimum Gasteiger partial charge on any atom is -0.405 e. The number of hydrogen-bond acceptors (Lipinski definition) is 2. The highest BCUT2D eigenvalue weighted by atomic mass is 14.6. The summed E-state index contributed by atoms with van der Waals surface area (Å²) in [6.07, 6.45) is 14.5. The summed E-state index contributed by atoms with van der Waals surface area (Å²) in [5.41, 5.74) is 7.28. The fourth-order valence-electron chi connectivity index (χ4n) is 0.810. The Morgan fingerprint density at radius 3 is 2.53 bits per heavy atom. The van der Waals surface area contributed by atoms with Crippen LogP contribution in [0.25, 0.3) is 0 Å². The molecule has 2 N–H and O–H groups in total. The van der Waals surface area contributed by atoms with Gasteiger partial charge in [0.15, 0.2) is 0 Å². The second kappa shape index (κ2) is 8.75. The number of aliphatic imine (C=N–C) groups is 1. The van der Waals surface area contributed by atoms with Crippen molar-refractivity contribution in [1.29, 1.82) is 0 Å². The van der Waals surface area contributed by atoms with E-state index in [4.69, 9.17) is 5.73 Å². The lowest BCUT2D eigenvalue weighted by atomic mass is 10.1. The topological polar surface area (TPSA) is 38.4 Å². The van der Waals surface area contributed by atoms with Crippen molar-refractivity contribution in [2.75, 3.05) is 7.05 Å². The van der Waals surface area contributed by atoms with Gasteiger partial charge in [0.25, 0.3) is 0 Å². The van der Waals surface area contributed by atoms with Crippen LogP contribution in [-0.2, 0) is 0 Å². The van der Waals surface area contributed by atoms with Crippen LogP contribution in [0.15, 0.2) is 65.4 Å². The normalized spacial score (nSPS) is 13.9. The SMILES string of the molecule is C=C(/C=C\C=C/N)/C(C)=C/C=C\C=NC. The average Bonchev–Trinajstić information content (AvgIpc) is 2.24. The Labute approximate surface area is 91.9 Å². The quantitative estimate of drug-likeness (QED) is 0.540. The number of nitrogens with two attached hydrogens (primary N) is 1. The molecular weight excluding hydrogens is 184 g/mol. The van der Waals surface area contributed by atoms with Crippen molar-refractivity contribution in [3.63, 3.8) is 0 Å². The minimum atomic E-state index is 0.964. The van der Waals surface area contributed by atoms with Gasteiger partial charge in [-0.25, -0.2) is 0 Å². The predicted octanol–water partition coefficient (Wildman–Crippen LogP) is 2.77. The van der Waals surface area contributed by atoms with Gasteiger partial charge in [0.2, 0.25) is 0 Å². The molecule has 2 heteroatoms. The lowest BCUT2D eigenvalue weighted by Crippen LogP contribution is -1.78. The molecule has 0 aromatic heterocycles. The standard InChI is InChI=1S/C13H18N2/c1-12(8-4-6-10-14)13(2)9-5-7-11-15-3/h4-11H,1,14H2,2-3H3/b7-5-,8-4-,10-6-,13-9+,15-11?. The van der Waals surface area contributed by atoms with Crippen molar-refractivity contribution in [2.24, 2.45) is 10.7 Å². The Morgan fingerprint density at radius 1 is 1.20 bits per heavy atom. The third-order valence-electron chi connectivity index (χ3n) is 1.72. The molecule has 0 aliphatic carbocycles. The van der Waals surface area contributed by atoms with E-state index in [1.54, 1.807) is 19.3 Å². The van der Waals surface area contributed by atoms with Crippen LogP contribution in [0.2, 0.25) is 0 Å². The van der Waals surface area contributed by atoms with Crippen molar-refractivity contribution in [2.45, 2.75) is 6.92 Å². The van der Waals surface area contributed by atoms with Gasteiger partial charge in [-0.05, 0) is 36.4 Å². The van der Waals surface area contributed by atoms with E-state index in [-0.39, 0.29) is 0 Å². The Kier molecular flexibility index (Phi) is 7.69. The molecule has 0 spiro atoms. The van der Waals surface area contributed by atoms with Crippen LogP contribution in [0.4, 0.5) is 0 Å². The second-order valence-electron chi connectivity index (χ2n) is 2.91. The van der Waals surface area contributed by atoms with E-state index in [9.17, 15) is 0 Å². The van der Waals surface area contributed by atoms with E-state index in [0.29, 0.717) is 0 Å². The third-order valence-corrected chi connectivity index (χ3v) is 1.72. The van der Waals surface area contributed by atoms with E-state index < -0.39 is 0 Å². The van der Waals surface area contributed by atoms with E-state index >= 15 is 0 Å². The number of nitrogens with zero attached hydrogens (tertiary/aromatic N) is 1. The molecule has 0 radical (unpaired) electrons. The summed E-state index contributed by atoms with van der Waals surface area (Å²) in [6, 6.07) is 0. The molecule has 2 nitrogen and oxygen atoms in total. The Hall–Kier alpha value is -1.83. The maximum Gasteiger partial charge on any atom is 0.0277 e. The smallest absolute Gasteiger partial charge is 0.0277 e. The summed E-state index contributed by atoms with van der Waals surface area (Å²) < 4.78 is 0. The van der Waals surface area contributed by atoms with Gasteiger partial charge in [-0.1, -0.05) is 30.9 Å². The highest BCUT2D eigenvalue weighted by Gasteiger charge is 1.88. The summed E-state index contributed by atoms with van der Waals surface area (Å²) in [5.74, 6) is 0. The van der Waals surface area contributed by atoms with Gasteiger partial charge in [0, 0.05) is 13.3 Å². The van der Waals surface area contributed by atoms with Crippen LogP contribution >= 0.6 is 0 Å². The fourth-order valence-corrected chi connectivity index (χ4v) is 0.810. The maximum absolute atomic E-state index is 5.20. The molecule has 0 aromatic rings. The van der Waals surface area contributed by atoms with Crippen LogP contribution < -0.4 is 5.73 Å². The highest BCUT2D eigenvalue weighted by Crippen LogP contribution is 2.07. The molecule has 80 valence electrons. The molecule has 0 heterocycles. The van der Waals surface area contributed by atoms with E-state index in [2.05, 4.69) is 11.6 Å². The van der Waals surface area contributed by atoms with Crippen LogP contribution in [0.5, 0.6) is 0 Å². The van der Waals surface area contributed by atoms with Gasteiger partial charge in [-0.3, -0.25) is 4.99 Å². The van der Waals surface area contributed by atoms with Crippen LogP contribution in [0, 0.1) is 0 Å². The Balaban J connectivity index is 4.31. The zero-order valence-corrected chi connectivity index (χ0v) is 9.35. The van der Waals surface area contributed by atoms with Gasteiger partial charge in [0.05, 0.1) is 0 Å². The first-order chi connectivity index (χ1) is 7.22. The Bertz CT molecular complexity index is 328. The number of hydrogen-bond donors (Lipinski definition) is 1. The van der Waals surface area contributed by atoms with Crippen molar-refractivity contribution >= 4 is 6.21 Å². The largest absolute Gasteiger partial charge is 0.405 e. The molecule has 0 bridgehead atoms. The predicted molar refractivity (Wildman–Crippen MR) is 68.9 cm³/mol. The first-order valence-corrected chi connectivity index (χ1v) is 4.72. The Morgan fingerprint density at radius 2 is 1.93 bits per heavy atom. The van der Waals surface area contributed by atoms with Crippen LogP contribution in [-0.4, -0.2) is 13.3 Å². The zero-order chi connectivity index (χ0) is 11.5. The molecule has 0 aromatic carbocycles. The number of rotatable bonds is 5. The second-order valence-corrected chi connectivity index (χ2v) is 2.91. The molecule has 0 aliphatic heterocycles. The molecule has 0 saturated heterocycles. The average molecular weight is 202 g/mol. The van der Waals surface area contributed by atoms with Gasteiger partial charge in [0.1, 0.15) is 0 Å². The molecule has 0 aliphatic rings. The van der Waals surface area contributed by atoms with E-state index in [0.717, 1.165) is 11.1 Å². The van der Waals surface area contributed by atoms with Crippen LogP contribution in [0.1, 0.15) is 6.92 Å². The zero-order valence-electron chi connectivity index (χ0n) is 9.35. The third kappa shape index (κ3) is 7.26. The van der Waals surface area contributed by atoms with Crippen molar-refractivity contribution in [1.82, 2.24) is 0 Å². The summed E-state index contributed by atoms with van der Waals surface area (Å²) in [6.45, 7) is 5.93. The summed E-state index contributed by atoms with van der Waals surface area (Å²) >= 11 is 0. The lowest BCUT2D eigenvalue weighted by molar-refractivity contribution is 1.44. The van der Waals surface area contributed by atoms with Gasteiger partial charge >= 0.3 is 0 Å². The monoisotopic (exact) mass is 202 g/mol. The van der Waals surface area contributed by atoms with Crippen LogP contribution in [0.3, 0.4) is 0 Å². The maximum atomic E-state index is 5.20. The van der Waals surface area contributed by atoms with Gasteiger partial charge in [-0.2, -0.15) is 0 Å². The summed E-state index contributed by atoms with van der Waals surface area (Å²) in [5, 5.41) is 0. The van der Waals surface area contributed by atoms with Crippen molar-refractivity contribution in [3.05, 3.63) is 60.4 Å². The lowest BCUT2D eigenvalue weighted by Gasteiger charge is -1.96. The van der Waals surface area contributed by atoms with E-state index in [1.165, 1.54) is 6.20 Å².